The molecule has 0 spiro atoms. The van der Waals surface area contributed by atoms with Gasteiger partial charge in [0.05, 0.1) is 18.1 Å². The number of aromatic nitrogens is 3. The predicted octanol–water partition coefficient (Wildman–Crippen LogP) is 4.67. The first-order valence-electron chi connectivity index (χ1n) is 8.84. The molecule has 1 amide bonds. The Morgan fingerprint density at radius 2 is 1.72 bits per heavy atom. The molecule has 0 radical (unpaired) electrons. The van der Waals surface area contributed by atoms with Gasteiger partial charge in [0.2, 0.25) is 0 Å². The lowest BCUT2D eigenvalue weighted by atomic mass is 10.1. The van der Waals surface area contributed by atoms with Crippen LogP contribution in [-0.2, 0) is 0 Å². The second-order valence-corrected chi connectivity index (χ2v) is 6.16. The van der Waals surface area contributed by atoms with Crippen molar-refractivity contribution in [3.05, 3.63) is 96.8 Å². The van der Waals surface area contributed by atoms with Gasteiger partial charge in [-0.3, -0.25) is 9.78 Å². The van der Waals surface area contributed by atoms with Crippen LogP contribution < -0.4 is 10.6 Å². The molecule has 3 heterocycles. The fourth-order valence-electron chi connectivity index (χ4n) is 2.78. The monoisotopic (exact) mass is 385 g/mol. The second-order valence-electron chi connectivity index (χ2n) is 6.16. The van der Waals surface area contributed by atoms with Gasteiger partial charge in [0, 0.05) is 23.5 Å². The van der Waals surface area contributed by atoms with Crippen molar-refractivity contribution in [3.63, 3.8) is 0 Å². The maximum Gasteiger partial charge on any atom is 0.255 e. The lowest BCUT2D eigenvalue weighted by Crippen LogP contribution is -2.13. The third-order valence-corrected chi connectivity index (χ3v) is 4.16. The van der Waals surface area contributed by atoms with E-state index >= 15 is 0 Å². The molecule has 3 aromatic heterocycles. The standard InChI is InChI=1S/C22H16FN5O/c23-17-6-7-20(26-13-17)28-21-12-16(8-11-25-21)22(29)27-19-14-24-10-9-18(19)15-4-2-1-3-5-15/h1-14H,(H,27,29)(H,25,26,28). The smallest absolute Gasteiger partial charge is 0.255 e. The molecule has 0 atom stereocenters. The lowest BCUT2D eigenvalue weighted by molar-refractivity contribution is 0.102. The van der Waals surface area contributed by atoms with E-state index in [1.54, 1.807) is 24.5 Å². The Kier molecular flexibility index (Phi) is 5.20. The Balaban J connectivity index is 1.55. The third-order valence-electron chi connectivity index (χ3n) is 4.16. The van der Waals surface area contributed by atoms with Crippen molar-refractivity contribution in [2.24, 2.45) is 0 Å². The molecule has 142 valence electrons. The number of hydrogen-bond acceptors (Lipinski definition) is 5. The molecule has 0 aliphatic carbocycles. The Hall–Kier alpha value is -4.13. The zero-order valence-electron chi connectivity index (χ0n) is 15.2. The van der Waals surface area contributed by atoms with E-state index in [4.69, 9.17) is 0 Å². The molecule has 4 rings (SSSR count). The van der Waals surface area contributed by atoms with Crippen LogP contribution in [0.2, 0.25) is 0 Å². The first kappa shape index (κ1) is 18.2. The molecule has 2 N–H and O–H groups in total. The van der Waals surface area contributed by atoms with Crippen molar-refractivity contribution in [2.45, 2.75) is 0 Å². The summed E-state index contributed by atoms with van der Waals surface area (Å²) in [5.41, 5.74) is 2.87. The van der Waals surface area contributed by atoms with Crippen LogP contribution in [0.4, 0.5) is 21.7 Å². The number of nitrogens with zero attached hydrogens (tertiary/aromatic N) is 3. The van der Waals surface area contributed by atoms with Gasteiger partial charge >= 0.3 is 0 Å². The molecule has 7 heteroatoms. The normalized spacial score (nSPS) is 10.4. The van der Waals surface area contributed by atoms with Crippen molar-refractivity contribution in [1.82, 2.24) is 15.0 Å². The summed E-state index contributed by atoms with van der Waals surface area (Å²) in [5, 5.41) is 5.85. The number of halogens is 1. The fourth-order valence-corrected chi connectivity index (χ4v) is 2.78. The largest absolute Gasteiger partial charge is 0.325 e. The zero-order chi connectivity index (χ0) is 20.1. The van der Waals surface area contributed by atoms with E-state index in [9.17, 15) is 9.18 Å². The van der Waals surface area contributed by atoms with Crippen LogP contribution in [0.1, 0.15) is 10.4 Å². The van der Waals surface area contributed by atoms with Gasteiger partial charge in [-0.2, -0.15) is 0 Å². The minimum absolute atomic E-state index is 0.298. The van der Waals surface area contributed by atoms with Crippen molar-refractivity contribution in [2.75, 3.05) is 10.6 Å². The topological polar surface area (TPSA) is 79.8 Å². The minimum atomic E-state index is -0.428. The van der Waals surface area contributed by atoms with Crippen LogP contribution in [0.5, 0.6) is 0 Å². The molecule has 0 aliphatic heterocycles. The fraction of sp³-hybridized carbons (Fsp3) is 0. The summed E-state index contributed by atoms with van der Waals surface area (Å²) in [6.45, 7) is 0. The molecular formula is C22H16FN5O. The number of carbonyl (C=O) groups excluding carboxylic acids is 1. The number of hydrogen-bond donors (Lipinski definition) is 2. The first-order chi connectivity index (χ1) is 14.2. The highest BCUT2D eigenvalue weighted by Crippen LogP contribution is 2.27. The number of anilines is 3. The highest BCUT2D eigenvalue weighted by molar-refractivity contribution is 6.06. The highest BCUT2D eigenvalue weighted by Gasteiger charge is 2.12. The summed E-state index contributed by atoms with van der Waals surface area (Å²) in [6.07, 6.45) is 5.92. The molecule has 0 saturated heterocycles. The van der Waals surface area contributed by atoms with Crippen LogP contribution in [0.15, 0.2) is 85.5 Å². The lowest BCUT2D eigenvalue weighted by Gasteiger charge is -2.11. The summed E-state index contributed by atoms with van der Waals surface area (Å²) in [4.78, 5) is 25.0. The average Bonchev–Trinajstić information content (AvgIpc) is 2.76. The third kappa shape index (κ3) is 4.41. The van der Waals surface area contributed by atoms with E-state index in [0.717, 1.165) is 17.3 Å². The Morgan fingerprint density at radius 3 is 2.52 bits per heavy atom. The second kappa shape index (κ2) is 8.26. The van der Waals surface area contributed by atoms with Gasteiger partial charge in [0.25, 0.3) is 5.91 Å². The molecule has 0 bridgehead atoms. The maximum atomic E-state index is 13.0. The Labute approximate surface area is 166 Å². The average molecular weight is 385 g/mol. The van der Waals surface area contributed by atoms with Gasteiger partial charge in [-0.25, -0.2) is 14.4 Å². The van der Waals surface area contributed by atoms with Crippen LogP contribution in [0.25, 0.3) is 11.1 Å². The van der Waals surface area contributed by atoms with Gasteiger partial charge in [-0.1, -0.05) is 30.3 Å². The number of pyridine rings is 3. The van der Waals surface area contributed by atoms with Crippen molar-refractivity contribution >= 4 is 23.2 Å². The minimum Gasteiger partial charge on any atom is -0.325 e. The van der Waals surface area contributed by atoms with E-state index in [0.29, 0.717) is 22.9 Å². The molecule has 0 unspecified atom stereocenters. The first-order valence-corrected chi connectivity index (χ1v) is 8.84. The van der Waals surface area contributed by atoms with Crippen LogP contribution in [0.3, 0.4) is 0 Å². The van der Waals surface area contributed by atoms with E-state index in [-0.39, 0.29) is 5.91 Å². The molecule has 29 heavy (non-hydrogen) atoms. The number of benzene rings is 1. The number of rotatable bonds is 5. The molecule has 6 nitrogen and oxygen atoms in total. The number of carbonyl (C=O) groups is 1. The Morgan fingerprint density at radius 1 is 0.862 bits per heavy atom. The summed E-state index contributed by atoms with van der Waals surface area (Å²) < 4.78 is 13.0. The van der Waals surface area contributed by atoms with Crippen LogP contribution in [0, 0.1) is 5.82 Å². The van der Waals surface area contributed by atoms with E-state index in [1.807, 2.05) is 36.4 Å². The molecular weight excluding hydrogens is 369 g/mol. The van der Waals surface area contributed by atoms with Crippen molar-refractivity contribution in [1.29, 1.82) is 0 Å². The maximum absolute atomic E-state index is 13.0. The molecule has 1 aromatic carbocycles. The van der Waals surface area contributed by atoms with Crippen molar-refractivity contribution < 1.29 is 9.18 Å². The molecule has 0 aliphatic rings. The summed E-state index contributed by atoms with van der Waals surface area (Å²) in [7, 11) is 0. The summed E-state index contributed by atoms with van der Waals surface area (Å²) >= 11 is 0. The van der Waals surface area contributed by atoms with Crippen LogP contribution >= 0.6 is 0 Å². The number of amides is 1. The quantitative estimate of drug-likeness (QED) is 0.522. The molecule has 0 fully saturated rings. The van der Waals surface area contributed by atoms with Gasteiger partial charge < -0.3 is 10.6 Å². The van der Waals surface area contributed by atoms with Gasteiger partial charge in [0.15, 0.2) is 0 Å². The van der Waals surface area contributed by atoms with Gasteiger partial charge in [0.1, 0.15) is 17.5 Å². The summed E-state index contributed by atoms with van der Waals surface area (Å²) in [6, 6.07) is 17.6. The number of nitrogens with one attached hydrogen (secondary N) is 2. The van der Waals surface area contributed by atoms with E-state index in [2.05, 4.69) is 25.6 Å². The molecule has 0 saturated carbocycles. The van der Waals surface area contributed by atoms with Crippen LogP contribution in [-0.4, -0.2) is 20.9 Å². The molecule has 4 aromatic rings. The summed E-state index contributed by atoms with van der Waals surface area (Å²) in [5.74, 6) is 0.122. The van der Waals surface area contributed by atoms with Crippen molar-refractivity contribution in [3.8, 4) is 11.1 Å². The van der Waals surface area contributed by atoms with Gasteiger partial charge in [-0.15, -0.1) is 0 Å². The zero-order valence-corrected chi connectivity index (χ0v) is 15.2. The van der Waals surface area contributed by atoms with E-state index in [1.165, 1.54) is 18.3 Å². The van der Waals surface area contributed by atoms with Gasteiger partial charge in [-0.05, 0) is 35.9 Å². The SMILES string of the molecule is O=C(Nc1cnccc1-c1ccccc1)c1ccnc(Nc2ccc(F)cn2)c1. The predicted molar refractivity (Wildman–Crippen MR) is 109 cm³/mol. The Bertz CT molecular complexity index is 1130. The van der Waals surface area contributed by atoms with E-state index < -0.39 is 5.82 Å². The highest BCUT2D eigenvalue weighted by atomic mass is 19.1.